The lowest BCUT2D eigenvalue weighted by molar-refractivity contribution is 0.363. The van der Waals surface area contributed by atoms with Crippen LogP contribution in [0, 0.1) is 5.92 Å². The van der Waals surface area contributed by atoms with Gasteiger partial charge in [-0.05, 0) is 38.6 Å². The molecule has 1 aromatic heterocycles. The van der Waals surface area contributed by atoms with E-state index in [0.29, 0.717) is 6.04 Å². The van der Waals surface area contributed by atoms with E-state index in [9.17, 15) is 0 Å². The minimum Gasteiger partial charge on any atom is -0.345 e. The molecule has 2 atom stereocenters. The second kappa shape index (κ2) is 6.53. The molecule has 0 aromatic carbocycles. The summed E-state index contributed by atoms with van der Waals surface area (Å²) in [6, 6.07) is 0.626. The van der Waals surface area contributed by atoms with Crippen LogP contribution >= 0.6 is 11.3 Å². The zero-order valence-electron chi connectivity index (χ0n) is 11.8. The predicted octanol–water partition coefficient (Wildman–Crippen LogP) is 3.27. The van der Waals surface area contributed by atoms with E-state index in [1.54, 1.807) is 11.3 Å². The second-order valence-electron chi connectivity index (χ2n) is 5.35. The van der Waals surface area contributed by atoms with Crippen molar-refractivity contribution in [1.82, 2.24) is 10.3 Å². The molecule has 1 N–H and O–H groups in total. The number of anilines is 1. The molecule has 0 bridgehead atoms. The molecule has 0 spiro atoms. The number of thiazole rings is 1. The molecule has 0 amide bonds. The Hall–Kier alpha value is -0.610. The Labute approximate surface area is 115 Å². The van der Waals surface area contributed by atoms with Crippen LogP contribution < -0.4 is 10.2 Å². The number of nitrogens with zero attached hydrogens (tertiary/aromatic N) is 2. The quantitative estimate of drug-likeness (QED) is 0.830. The molecule has 2 unspecified atom stereocenters. The molecule has 2 rings (SSSR count). The van der Waals surface area contributed by atoms with Gasteiger partial charge in [0.25, 0.3) is 0 Å². The third kappa shape index (κ3) is 3.23. The lowest BCUT2D eigenvalue weighted by atomic mass is 9.93. The van der Waals surface area contributed by atoms with Gasteiger partial charge in [-0.3, -0.25) is 0 Å². The topological polar surface area (TPSA) is 28.2 Å². The summed E-state index contributed by atoms with van der Waals surface area (Å²) in [6.07, 6.45) is 3.83. The average Bonchev–Trinajstić information content (AvgIpc) is 2.82. The van der Waals surface area contributed by atoms with Gasteiger partial charge in [0.2, 0.25) is 0 Å². The van der Waals surface area contributed by atoms with Crippen LogP contribution in [-0.2, 0) is 6.54 Å². The largest absolute Gasteiger partial charge is 0.345 e. The van der Waals surface area contributed by atoms with Crippen LogP contribution in [0.1, 0.15) is 45.7 Å². The molecule has 3 nitrogen and oxygen atoms in total. The molecule has 18 heavy (non-hydrogen) atoms. The Kier molecular flexibility index (Phi) is 5.01. The predicted molar refractivity (Wildman–Crippen MR) is 79.3 cm³/mol. The van der Waals surface area contributed by atoms with Crippen molar-refractivity contribution < 1.29 is 0 Å². The Morgan fingerprint density at radius 1 is 1.50 bits per heavy atom. The van der Waals surface area contributed by atoms with E-state index >= 15 is 0 Å². The van der Waals surface area contributed by atoms with Crippen molar-refractivity contribution in [3.63, 3.8) is 0 Å². The summed E-state index contributed by atoms with van der Waals surface area (Å²) in [7, 11) is 0. The Balaban J connectivity index is 1.96. The van der Waals surface area contributed by atoms with E-state index in [2.05, 4.69) is 36.4 Å². The molecule has 1 aliphatic heterocycles. The number of nitrogens with one attached hydrogen (secondary N) is 1. The van der Waals surface area contributed by atoms with E-state index in [1.165, 1.54) is 36.6 Å². The Morgan fingerprint density at radius 2 is 2.33 bits per heavy atom. The summed E-state index contributed by atoms with van der Waals surface area (Å²) >= 11 is 1.79. The van der Waals surface area contributed by atoms with Crippen LogP contribution in [0.15, 0.2) is 5.38 Å². The summed E-state index contributed by atoms with van der Waals surface area (Å²) in [5, 5.41) is 6.82. The van der Waals surface area contributed by atoms with Crippen molar-refractivity contribution in [2.45, 2.75) is 52.6 Å². The maximum atomic E-state index is 4.77. The Bertz CT molecular complexity index is 364. The molecule has 0 saturated carbocycles. The SMILES string of the molecule is CCCNCc1csc(N2CCCC(C)C2C)n1. The first-order valence-electron chi connectivity index (χ1n) is 7.14. The van der Waals surface area contributed by atoms with Crippen molar-refractivity contribution >= 4 is 16.5 Å². The van der Waals surface area contributed by atoms with Crippen molar-refractivity contribution in [2.24, 2.45) is 5.92 Å². The summed E-state index contributed by atoms with van der Waals surface area (Å²) in [5.41, 5.74) is 1.19. The van der Waals surface area contributed by atoms with Crippen LogP contribution in [0.3, 0.4) is 0 Å². The van der Waals surface area contributed by atoms with Gasteiger partial charge in [0.1, 0.15) is 0 Å². The first-order chi connectivity index (χ1) is 8.72. The van der Waals surface area contributed by atoms with Gasteiger partial charge >= 0.3 is 0 Å². The van der Waals surface area contributed by atoms with Crippen LogP contribution in [0.5, 0.6) is 0 Å². The zero-order chi connectivity index (χ0) is 13.0. The Morgan fingerprint density at radius 3 is 3.11 bits per heavy atom. The van der Waals surface area contributed by atoms with Crippen LogP contribution in [0.2, 0.25) is 0 Å². The van der Waals surface area contributed by atoms with Crippen LogP contribution in [0.4, 0.5) is 5.13 Å². The van der Waals surface area contributed by atoms with Crippen LogP contribution in [-0.4, -0.2) is 24.1 Å². The molecule has 2 heterocycles. The summed E-state index contributed by atoms with van der Waals surface area (Å²) in [6.45, 7) is 10.0. The number of hydrogen-bond donors (Lipinski definition) is 1. The molecule has 1 saturated heterocycles. The van der Waals surface area contributed by atoms with Crippen molar-refractivity contribution in [3.8, 4) is 0 Å². The van der Waals surface area contributed by atoms with E-state index < -0.39 is 0 Å². The second-order valence-corrected chi connectivity index (χ2v) is 6.19. The minimum absolute atomic E-state index is 0.626. The molecule has 1 aromatic rings. The third-order valence-electron chi connectivity index (χ3n) is 3.89. The smallest absolute Gasteiger partial charge is 0.185 e. The van der Waals surface area contributed by atoms with Gasteiger partial charge in [-0.2, -0.15) is 0 Å². The standard InChI is InChI=1S/C14H25N3S/c1-4-7-15-9-13-10-18-14(16-13)17-8-5-6-11(2)12(17)3/h10-12,15H,4-9H2,1-3H3. The van der Waals surface area contributed by atoms with E-state index in [0.717, 1.165) is 19.0 Å². The van der Waals surface area contributed by atoms with Crippen LogP contribution in [0.25, 0.3) is 0 Å². The lowest BCUT2D eigenvalue weighted by Gasteiger charge is -2.37. The average molecular weight is 267 g/mol. The molecular weight excluding hydrogens is 242 g/mol. The van der Waals surface area contributed by atoms with Gasteiger partial charge in [0.15, 0.2) is 5.13 Å². The number of hydrogen-bond acceptors (Lipinski definition) is 4. The maximum absolute atomic E-state index is 4.77. The highest BCUT2D eigenvalue weighted by Gasteiger charge is 2.26. The van der Waals surface area contributed by atoms with E-state index in [-0.39, 0.29) is 0 Å². The first kappa shape index (κ1) is 13.8. The number of piperidine rings is 1. The third-order valence-corrected chi connectivity index (χ3v) is 4.82. The van der Waals surface area contributed by atoms with Crippen molar-refractivity contribution in [3.05, 3.63) is 11.1 Å². The highest BCUT2D eigenvalue weighted by molar-refractivity contribution is 7.13. The molecule has 102 valence electrons. The number of aromatic nitrogens is 1. The minimum atomic E-state index is 0.626. The van der Waals surface area contributed by atoms with Gasteiger partial charge in [0.05, 0.1) is 5.69 Å². The molecule has 4 heteroatoms. The van der Waals surface area contributed by atoms with Gasteiger partial charge in [-0.1, -0.05) is 13.8 Å². The highest BCUT2D eigenvalue weighted by Crippen LogP contribution is 2.30. The van der Waals surface area contributed by atoms with Gasteiger partial charge < -0.3 is 10.2 Å². The fourth-order valence-corrected chi connectivity index (χ4v) is 3.45. The van der Waals surface area contributed by atoms with E-state index in [1.807, 2.05) is 0 Å². The fraction of sp³-hybridized carbons (Fsp3) is 0.786. The van der Waals surface area contributed by atoms with Crippen molar-refractivity contribution in [2.75, 3.05) is 18.0 Å². The highest BCUT2D eigenvalue weighted by atomic mass is 32.1. The van der Waals surface area contributed by atoms with E-state index in [4.69, 9.17) is 4.98 Å². The zero-order valence-corrected chi connectivity index (χ0v) is 12.6. The van der Waals surface area contributed by atoms with Gasteiger partial charge in [-0.15, -0.1) is 11.3 Å². The molecule has 1 fully saturated rings. The first-order valence-corrected chi connectivity index (χ1v) is 8.02. The molecule has 0 radical (unpaired) electrons. The maximum Gasteiger partial charge on any atom is 0.185 e. The molecular formula is C14H25N3S. The number of rotatable bonds is 5. The van der Waals surface area contributed by atoms with Gasteiger partial charge in [0, 0.05) is 24.5 Å². The summed E-state index contributed by atoms with van der Waals surface area (Å²) < 4.78 is 0. The molecule has 1 aliphatic rings. The molecule has 0 aliphatic carbocycles. The summed E-state index contributed by atoms with van der Waals surface area (Å²) in [5.74, 6) is 0.782. The van der Waals surface area contributed by atoms with Gasteiger partial charge in [-0.25, -0.2) is 4.98 Å². The van der Waals surface area contributed by atoms with Crippen molar-refractivity contribution in [1.29, 1.82) is 0 Å². The summed E-state index contributed by atoms with van der Waals surface area (Å²) in [4.78, 5) is 7.26. The fourth-order valence-electron chi connectivity index (χ4n) is 2.51. The monoisotopic (exact) mass is 267 g/mol. The lowest BCUT2D eigenvalue weighted by Crippen LogP contribution is -2.42. The normalized spacial score (nSPS) is 24.5.